The van der Waals surface area contributed by atoms with Crippen LogP contribution in [-0.2, 0) is 4.79 Å². The van der Waals surface area contributed by atoms with Gasteiger partial charge in [0.2, 0.25) is 5.91 Å². The second kappa shape index (κ2) is 3.55. The normalized spacial score (nSPS) is 18.8. The van der Waals surface area contributed by atoms with Crippen molar-refractivity contribution in [2.24, 2.45) is 5.41 Å². The van der Waals surface area contributed by atoms with E-state index >= 15 is 0 Å². The van der Waals surface area contributed by atoms with Gasteiger partial charge in [0.05, 0.1) is 10.8 Å². The van der Waals surface area contributed by atoms with E-state index in [0.717, 1.165) is 5.56 Å². The third-order valence-corrected chi connectivity index (χ3v) is 2.94. The van der Waals surface area contributed by atoms with E-state index in [9.17, 15) is 14.9 Å². The molecular weight excluding hydrogens is 220 g/mol. The molecule has 2 rings (SSSR count). The van der Waals surface area contributed by atoms with Crippen LogP contribution in [0.15, 0.2) is 18.2 Å². The maximum Gasteiger partial charge on any atom is 0.269 e. The zero-order valence-corrected chi connectivity index (χ0v) is 9.98. The molecule has 1 aliphatic heterocycles. The fraction of sp³-hybridized carbons (Fsp3) is 0.417. The number of non-ortho nitro benzene ring substituents is 1. The summed E-state index contributed by atoms with van der Waals surface area (Å²) in [6.45, 7) is 5.85. The first-order valence-corrected chi connectivity index (χ1v) is 5.40. The average Bonchev–Trinajstić information content (AvgIpc) is 2.51. The molecule has 0 saturated carbocycles. The van der Waals surface area contributed by atoms with Gasteiger partial charge >= 0.3 is 0 Å². The van der Waals surface area contributed by atoms with Crippen molar-refractivity contribution in [2.45, 2.75) is 26.7 Å². The van der Waals surface area contributed by atoms with Crippen LogP contribution in [0.3, 0.4) is 0 Å². The molecule has 1 heterocycles. The van der Waals surface area contributed by atoms with Crippen molar-refractivity contribution in [3.63, 3.8) is 0 Å². The van der Waals surface area contributed by atoms with Crippen molar-refractivity contribution in [1.82, 2.24) is 0 Å². The third-order valence-electron chi connectivity index (χ3n) is 2.94. The van der Waals surface area contributed by atoms with Crippen molar-refractivity contribution in [3.05, 3.63) is 33.9 Å². The van der Waals surface area contributed by atoms with Gasteiger partial charge in [-0.05, 0) is 17.0 Å². The minimum absolute atomic E-state index is 0.0227. The van der Waals surface area contributed by atoms with Crippen LogP contribution in [0.1, 0.15) is 32.3 Å². The van der Waals surface area contributed by atoms with Crippen LogP contribution >= 0.6 is 0 Å². The number of hydrogen-bond donors (Lipinski definition) is 1. The Bertz CT molecular complexity index is 503. The number of fused-ring (bicyclic) bond motifs is 1. The molecule has 1 atom stereocenters. The smallest absolute Gasteiger partial charge is 0.269 e. The summed E-state index contributed by atoms with van der Waals surface area (Å²) < 4.78 is 0. The van der Waals surface area contributed by atoms with Crippen molar-refractivity contribution in [3.8, 4) is 0 Å². The number of nitrogens with zero attached hydrogens (tertiary/aromatic N) is 1. The van der Waals surface area contributed by atoms with Gasteiger partial charge in [0.1, 0.15) is 0 Å². The number of carbonyl (C=O) groups is 1. The van der Waals surface area contributed by atoms with Crippen LogP contribution in [0.4, 0.5) is 11.4 Å². The van der Waals surface area contributed by atoms with E-state index in [1.165, 1.54) is 12.1 Å². The fourth-order valence-electron chi connectivity index (χ4n) is 2.22. The molecule has 0 aliphatic carbocycles. The molecule has 0 bridgehead atoms. The molecule has 17 heavy (non-hydrogen) atoms. The van der Waals surface area contributed by atoms with E-state index in [0.29, 0.717) is 5.69 Å². The maximum absolute atomic E-state index is 11.9. The van der Waals surface area contributed by atoms with E-state index in [-0.39, 0.29) is 22.9 Å². The average molecular weight is 234 g/mol. The molecule has 0 radical (unpaired) electrons. The number of benzene rings is 1. The zero-order chi connectivity index (χ0) is 12.8. The SMILES string of the molecule is CC(C)(C)C1C(=O)Nc2ccc([N+](=O)[O-])cc21. The second-order valence-electron chi connectivity index (χ2n) is 5.32. The first kappa shape index (κ1) is 11.6. The highest BCUT2D eigenvalue weighted by Crippen LogP contribution is 2.44. The van der Waals surface area contributed by atoms with Gasteiger partial charge in [-0.3, -0.25) is 14.9 Å². The van der Waals surface area contributed by atoms with Crippen LogP contribution < -0.4 is 5.32 Å². The minimum atomic E-state index is -0.442. The van der Waals surface area contributed by atoms with E-state index in [2.05, 4.69) is 5.32 Å². The summed E-state index contributed by atoms with van der Waals surface area (Å²) in [6.07, 6.45) is 0. The highest BCUT2D eigenvalue weighted by atomic mass is 16.6. The number of amides is 1. The van der Waals surface area contributed by atoms with E-state index in [1.807, 2.05) is 20.8 Å². The second-order valence-corrected chi connectivity index (χ2v) is 5.32. The summed E-state index contributed by atoms with van der Waals surface area (Å²) in [5.41, 5.74) is 1.16. The van der Waals surface area contributed by atoms with Crippen LogP contribution in [0.25, 0.3) is 0 Å². The molecule has 1 aliphatic rings. The van der Waals surface area contributed by atoms with Gasteiger partial charge in [-0.25, -0.2) is 0 Å². The van der Waals surface area contributed by atoms with Crippen molar-refractivity contribution in [2.75, 3.05) is 5.32 Å². The molecular formula is C12H14N2O3. The van der Waals surface area contributed by atoms with Crippen LogP contribution in [0.5, 0.6) is 0 Å². The number of nitrogens with one attached hydrogen (secondary N) is 1. The zero-order valence-electron chi connectivity index (χ0n) is 9.98. The Morgan fingerprint density at radius 3 is 2.53 bits per heavy atom. The lowest BCUT2D eigenvalue weighted by molar-refractivity contribution is -0.384. The Kier molecular flexibility index (Phi) is 2.41. The van der Waals surface area contributed by atoms with E-state index < -0.39 is 4.92 Å². The molecule has 5 heteroatoms. The Morgan fingerprint density at radius 2 is 2.00 bits per heavy atom. The van der Waals surface area contributed by atoms with E-state index in [1.54, 1.807) is 6.07 Å². The molecule has 5 nitrogen and oxygen atoms in total. The number of rotatable bonds is 1. The highest BCUT2D eigenvalue weighted by molar-refractivity contribution is 6.03. The monoisotopic (exact) mass is 234 g/mol. The Labute approximate surface area is 99.0 Å². The quantitative estimate of drug-likeness (QED) is 0.599. The van der Waals surface area contributed by atoms with Gasteiger partial charge < -0.3 is 5.32 Å². The number of carbonyl (C=O) groups excluding carboxylic acids is 1. The van der Waals surface area contributed by atoms with Gasteiger partial charge in [-0.2, -0.15) is 0 Å². The van der Waals surface area contributed by atoms with Gasteiger partial charge in [-0.15, -0.1) is 0 Å². The maximum atomic E-state index is 11.9. The predicted molar refractivity (Wildman–Crippen MR) is 63.9 cm³/mol. The Morgan fingerprint density at radius 1 is 1.35 bits per heavy atom. The molecule has 0 aromatic heterocycles. The highest BCUT2D eigenvalue weighted by Gasteiger charge is 2.39. The molecule has 0 fully saturated rings. The van der Waals surface area contributed by atoms with Crippen LogP contribution in [0.2, 0.25) is 0 Å². The predicted octanol–water partition coefficient (Wildman–Crippen LogP) is 2.68. The third kappa shape index (κ3) is 1.88. The first-order chi connectivity index (χ1) is 7.80. The molecule has 1 N–H and O–H groups in total. The van der Waals surface area contributed by atoms with Crippen LogP contribution in [0, 0.1) is 15.5 Å². The molecule has 1 unspecified atom stereocenters. The van der Waals surface area contributed by atoms with Gasteiger partial charge in [0.25, 0.3) is 5.69 Å². The van der Waals surface area contributed by atoms with Crippen molar-refractivity contribution >= 4 is 17.3 Å². The van der Waals surface area contributed by atoms with Crippen LogP contribution in [-0.4, -0.2) is 10.8 Å². The van der Waals surface area contributed by atoms with Gasteiger partial charge in [0.15, 0.2) is 0 Å². The largest absolute Gasteiger partial charge is 0.325 e. The lowest BCUT2D eigenvalue weighted by Gasteiger charge is -2.24. The first-order valence-electron chi connectivity index (χ1n) is 5.40. The molecule has 1 aromatic rings. The van der Waals surface area contributed by atoms with E-state index in [4.69, 9.17) is 0 Å². The summed E-state index contributed by atoms with van der Waals surface area (Å²) in [7, 11) is 0. The van der Waals surface area contributed by atoms with Gasteiger partial charge in [-0.1, -0.05) is 20.8 Å². The Hall–Kier alpha value is -1.91. The number of nitro benzene ring substituents is 1. The summed E-state index contributed by atoms with van der Waals surface area (Å²) >= 11 is 0. The molecule has 0 saturated heterocycles. The van der Waals surface area contributed by atoms with Crippen molar-refractivity contribution in [1.29, 1.82) is 0 Å². The summed E-state index contributed by atoms with van der Waals surface area (Å²) in [4.78, 5) is 22.2. The topological polar surface area (TPSA) is 72.2 Å². The molecule has 0 spiro atoms. The lowest BCUT2D eigenvalue weighted by Crippen LogP contribution is -2.25. The number of nitro groups is 1. The lowest BCUT2D eigenvalue weighted by atomic mass is 9.77. The fourth-order valence-corrected chi connectivity index (χ4v) is 2.22. The molecule has 1 aromatic carbocycles. The molecule has 90 valence electrons. The van der Waals surface area contributed by atoms with Gasteiger partial charge in [0, 0.05) is 17.8 Å². The summed E-state index contributed by atoms with van der Waals surface area (Å²) in [5.74, 6) is -0.426. The number of anilines is 1. The minimum Gasteiger partial charge on any atom is -0.325 e. The molecule has 1 amide bonds. The summed E-state index contributed by atoms with van der Waals surface area (Å²) in [6, 6.07) is 4.49. The van der Waals surface area contributed by atoms with Crippen molar-refractivity contribution < 1.29 is 9.72 Å². The standard InChI is InChI=1S/C12H14N2O3/c1-12(2,3)10-8-6-7(14(16)17)4-5-9(8)13-11(10)15/h4-6,10H,1-3H3,(H,13,15). The number of hydrogen-bond acceptors (Lipinski definition) is 3. The summed E-state index contributed by atoms with van der Waals surface area (Å²) in [5, 5.41) is 13.5. The Balaban J connectivity index is 2.54.